The minimum Gasteiger partial charge on any atom is -0.453 e. The van der Waals surface area contributed by atoms with Gasteiger partial charge in [-0.05, 0) is 56.9 Å². The molecule has 1 amide bonds. The van der Waals surface area contributed by atoms with Crippen molar-refractivity contribution in [3.63, 3.8) is 0 Å². The van der Waals surface area contributed by atoms with Gasteiger partial charge in [-0.1, -0.05) is 11.8 Å². The Kier molecular flexibility index (Phi) is 6.24. The lowest BCUT2D eigenvalue weighted by molar-refractivity contribution is 0.0706. The number of hydrogen-bond acceptors (Lipinski definition) is 7. The van der Waals surface area contributed by atoms with Crippen molar-refractivity contribution in [1.29, 1.82) is 10.5 Å². The van der Waals surface area contributed by atoms with Crippen LogP contribution in [0.4, 0.5) is 9.18 Å². The number of benzene rings is 1. The van der Waals surface area contributed by atoms with Crippen molar-refractivity contribution >= 4 is 23.4 Å². The number of halogens is 1. The summed E-state index contributed by atoms with van der Waals surface area (Å²) in [6.07, 6.45) is 8.54. The lowest BCUT2D eigenvalue weighted by atomic mass is 9.97. The van der Waals surface area contributed by atoms with Gasteiger partial charge >= 0.3 is 6.09 Å². The van der Waals surface area contributed by atoms with Crippen LogP contribution < -0.4 is 0 Å². The van der Waals surface area contributed by atoms with Crippen LogP contribution in [0.15, 0.2) is 52.6 Å². The third kappa shape index (κ3) is 4.19. The van der Waals surface area contributed by atoms with E-state index in [9.17, 15) is 19.7 Å². The Hall–Kier alpha value is -4.35. The predicted molar refractivity (Wildman–Crippen MR) is 140 cm³/mol. The molecule has 39 heavy (non-hydrogen) atoms. The molecule has 2 aliphatic rings. The van der Waals surface area contributed by atoms with E-state index in [2.05, 4.69) is 21.9 Å². The van der Waals surface area contributed by atoms with E-state index in [1.54, 1.807) is 10.6 Å². The van der Waals surface area contributed by atoms with Crippen molar-refractivity contribution in [2.24, 2.45) is 0 Å². The zero-order chi connectivity index (χ0) is 27.3. The highest BCUT2D eigenvalue weighted by Crippen LogP contribution is 2.43. The molecule has 0 spiro atoms. The fourth-order valence-electron chi connectivity index (χ4n) is 6.01. The third-order valence-electron chi connectivity index (χ3n) is 7.77. The minimum absolute atomic E-state index is 0.145. The summed E-state index contributed by atoms with van der Waals surface area (Å²) in [7, 11) is 1.43. The number of rotatable bonds is 4. The molecule has 2 unspecified atom stereocenters. The van der Waals surface area contributed by atoms with Gasteiger partial charge in [0.15, 0.2) is 0 Å². The van der Waals surface area contributed by atoms with Crippen LogP contribution in [0.3, 0.4) is 0 Å². The van der Waals surface area contributed by atoms with Crippen molar-refractivity contribution in [3.05, 3.63) is 65.5 Å². The molecule has 1 aromatic carbocycles. The fourth-order valence-corrected chi connectivity index (χ4v) is 7.09. The number of piperidine rings is 1. The molecule has 196 valence electrons. The number of pyridine rings is 1. The molecule has 0 aliphatic carbocycles. The van der Waals surface area contributed by atoms with Gasteiger partial charge in [0, 0.05) is 44.9 Å². The zero-order valence-corrected chi connectivity index (χ0v) is 22.2. The summed E-state index contributed by atoms with van der Waals surface area (Å²) in [6.45, 7) is 2.03. The Bertz CT molecular complexity index is 1680. The fraction of sp³-hybridized carbons (Fsp3) is 0.321. The summed E-state index contributed by atoms with van der Waals surface area (Å²) in [4.78, 5) is 15.5. The number of nitriles is 2. The van der Waals surface area contributed by atoms with Crippen molar-refractivity contribution in [1.82, 2.24) is 24.3 Å². The average molecular weight is 542 g/mol. The summed E-state index contributed by atoms with van der Waals surface area (Å²) in [6, 6.07) is 10.8. The second-order valence-corrected chi connectivity index (χ2v) is 11.0. The first kappa shape index (κ1) is 25.0. The molecule has 0 saturated carbocycles. The number of hydrogen-bond donors (Lipinski definition) is 0. The summed E-state index contributed by atoms with van der Waals surface area (Å²) in [5, 5.41) is 28.4. The molecule has 0 N–H and O–H groups in total. The van der Waals surface area contributed by atoms with E-state index in [-0.39, 0.29) is 29.8 Å². The minimum atomic E-state index is -0.481. The monoisotopic (exact) mass is 541 g/mol. The van der Waals surface area contributed by atoms with E-state index in [1.807, 2.05) is 30.3 Å². The normalized spacial score (nSPS) is 20.1. The van der Waals surface area contributed by atoms with Gasteiger partial charge in [0.05, 0.1) is 42.2 Å². The standard InChI is InChI=1S/C28H24FN7O2S/c1-16-24(14-33-36(16)23-9-21-4-5-22(10-23)35(21)28(37)38-2)18-8-26(27-19(12-31)13-32-34(27)15-18)39-25-6-3-20(29)7-17(25)11-30/h3,6-8,13-15,21-23H,4-5,9-10H2,1-2H3/t21-,22?,23?/m0/s1. The van der Waals surface area contributed by atoms with Crippen LogP contribution in [0.2, 0.25) is 0 Å². The van der Waals surface area contributed by atoms with E-state index < -0.39 is 5.82 Å². The summed E-state index contributed by atoms with van der Waals surface area (Å²) >= 11 is 1.30. The van der Waals surface area contributed by atoms with Gasteiger partial charge in [-0.25, -0.2) is 13.7 Å². The number of ether oxygens (including phenoxy) is 1. The van der Waals surface area contributed by atoms with Gasteiger partial charge in [-0.15, -0.1) is 0 Å². The van der Waals surface area contributed by atoms with Crippen LogP contribution >= 0.6 is 11.8 Å². The highest BCUT2D eigenvalue weighted by atomic mass is 32.2. The van der Waals surface area contributed by atoms with Gasteiger partial charge in [-0.2, -0.15) is 20.7 Å². The van der Waals surface area contributed by atoms with Crippen LogP contribution in [0.1, 0.15) is 48.5 Å². The SMILES string of the molecule is COC(=O)N1C2CC[C@H]1CC(n1ncc(-c3cc(Sc4ccc(F)cc4C#N)c4c(C#N)cnn4c3)c1C)C2. The van der Waals surface area contributed by atoms with Crippen LogP contribution in [0.5, 0.6) is 0 Å². The summed E-state index contributed by atoms with van der Waals surface area (Å²) in [5.41, 5.74) is 4.03. The van der Waals surface area contributed by atoms with Gasteiger partial charge in [-0.3, -0.25) is 4.68 Å². The molecule has 0 radical (unpaired) electrons. The number of aromatic nitrogens is 4. The van der Waals surface area contributed by atoms with Crippen molar-refractivity contribution in [3.8, 4) is 23.3 Å². The lowest BCUT2D eigenvalue weighted by Gasteiger charge is -2.38. The number of methoxy groups -OCH3 is 1. The number of carbonyl (C=O) groups excluding carboxylic acids is 1. The Labute approximate surface area is 228 Å². The van der Waals surface area contributed by atoms with E-state index in [1.165, 1.54) is 37.2 Å². The zero-order valence-electron chi connectivity index (χ0n) is 21.3. The number of nitrogens with zero attached hydrogens (tertiary/aromatic N) is 7. The van der Waals surface area contributed by atoms with Gasteiger partial charge < -0.3 is 9.64 Å². The van der Waals surface area contributed by atoms with Crippen LogP contribution in [-0.2, 0) is 4.74 Å². The molecule has 3 aromatic heterocycles. The van der Waals surface area contributed by atoms with E-state index in [0.29, 0.717) is 16.0 Å². The van der Waals surface area contributed by atoms with Gasteiger partial charge in [0.2, 0.25) is 0 Å². The molecular formula is C28H24FN7O2S. The second-order valence-electron chi connectivity index (χ2n) is 9.89. The number of amides is 1. The van der Waals surface area contributed by atoms with E-state index in [4.69, 9.17) is 9.84 Å². The largest absolute Gasteiger partial charge is 0.453 e. The Morgan fingerprint density at radius 1 is 1.05 bits per heavy atom. The molecule has 6 rings (SSSR count). The van der Waals surface area contributed by atoms with Gasteiger partial charge in [0.1, 0.15) is 18.0 Å². The maximum atomic E-state index is 13.8. The summed E-state index contributed by atoms with van der Waals surface area (Å²) < 4.78 is 22.5. The predicted octanol–water partition coefficient (Wildman–Crippen LogP) is 5.47. The first-order valence-corrected chi connectivity index (χ1v) is 13.4. The molecule has 2 fully saturated rings. The highest BCUT2D eigenvalue weighted by molar-refractivity contribution is 7.99. The molecule has 4 aromatic rings. The number of carbonyl (C=O) groups is 1. The molecule has 3 atom stereocenters. The van der Waals surface area contributed by atoms with E-state index >= 15 is 0 Å². The smallest absolute Gasteiger partial charge is 0.409 e. The second kappa shape index (κ2) is 9.75. The average Bonchev–Trinajstić information content (AvgIpc) is 3.62. The van der Waals surface area contributed by atoms with Crippen LogP contribution in [-0.4, -0.2) is 49.6 Å². The molecule has 2 bridgehead atoms. The van der Waals surface area contributed by atoms with Gasteiger partial charge in [0.25, 0.3) is 0 Å². The molecule has 11 heteroatoms. The van der Waals surface area contributed by atoms with Crippen molar-refractivity contribution in [2.45, 2.75) is 60.5 Å². The van der Waals surface area contributed by atoms with Crippen molar-refractivity contribution in [2.75, 3.05) is 7.11 Å². The summed E-state index contributed by atoms with van der Waals surface area (Å²) in [5.74, 6) is -0.481. The van der Waals surface area contributed by atoms with E-state index in [0.717, 1.165) is 47.4 Å². The maximum absolute atomic E-state index is 13.8. The quantitative estimate of drug-likeness (QED) is 0.337. The molecule has 2 saturated heterocycles. The van der Waals surface area contributed by atoms with Crippen LogP contribution in [0.25, 0.3) is 16.6 Å². The Morgan fingerprint density at radius 3 is 2.49 bits per heavy atom. The third-order valence-corrected chi connectivity index (χ3v) is 8.88. The molecular weight excluding hydrogens is 517 g/mol. The topological polar surface area (TPSA) is 112 Å². The number of fused-ring (bicyclic) bond motifs is 3. The molecule has 5 heterocycles. The maximum Gasteiger partial charge on any atom is 0.409 e. The Morgan fingerprint density at radius 2 is 1.79 bits per heavy atom. The Balaban J connectivity index is 1.37. The van der Waals surface area contributed by atoms with Crippen LogP contribution in [0, 0.1) is 35.4 Å². The first-order chi connectivity index (χ1) is 18.9. The van der Waals surface area contributed by atoms with Crippen molar-refractivity contribution < 1.29 is 13.9 Å². The lowest BCUT2D eigenvalue weighted by Crippen LogP contribution is -2.47. The first-order valence-electron chi connectivity index (χ1n) is 12.6. The molecule has 9 nitrogen and oxygen atoms in total. The highest BCUT2D eigenvalue weighted by Gasteiger charge is 2.44. The molecule has 2 aliphatic heterocycles.